The van der Waals surface area contributed by atoms with E-state index in [4.69, 9.17) is 0 Å². The second-order valence-electron chi connectivity index (χ2n) is 5.56. The van der Waals surface area contributed by atoms with Crippen LogP contribution >= 0.6 is 11.8 Å². The lowest BCUT2D eigenvalue weighted by molar-refractivity contribution is -0.143. The van der Waals surface area contributed by atoms with Gasteiger partial charge < -0.3 is 10.2 Å². The molecule has 2 aliphatic rings. The molecular weight excluding hydrogens is 384 g/mol. The van der Waals surface area contributed by atoms with E-state index >= 15 is 0 Å². The average Bonchev–Trinajstić information content (AvgIpc) is 3.10. The predicted octanol–water partition coefficient (Wildman–Crippen LogP) is 4.31. The normalized spacial score (nSPS) is 17.1. The molecule has 1 aromatic rings. The van der Waals surface area contributed by atoms with Gasteiger partial charge in [-0.3, -0.25) is 9.79 Å². The number of amidine groups is 1. The highest BCUT2D eigenvalue weighted by Crippen LogP contribution is 2.38. The Labute approximate surface area is 147 Å². The van der Waals surface area contributed by atoms with Gasteiger partial charge in [0, 0.05) is 17.9 Å². The summed E-state index contributed by atoms with van der Waals surface area (Å²) in [5, 5.41) is 4.53. The third-order valence-corrected chi connectivity index (χ3v) is 4.61. The zero-order chi connectivity index (χ0) is 19.1. The highest BCUT2D eigenvalue weighted by Gasteiger charge is 2.37. The molecule has 0 fully saturated rings. The van der Waals surface area contributed by atoms with Crippen LogP contribution in [0.4, 0.5) is 32.0 Å². The first kappa shape index (κ1) is 18.6. The summed E-state index contributed by atoms with van der Waals surface area (Å²) in [5.74, 6) is -0.711. The summed E-state index contributed by atoms with van der Waals surface area (Å²) in [5.41, 5.74) is -2.91. The van der Waals surface area contributed by atoms with Crippen LogP contribution in [0.1, 0.15) is 17.5 Å². The first-order valence-electron chi connectivity index (χ1n) is 7.31. The Morgan fingerprint density at radius 3 is 2.31 bits per heavy atom. The topological polar surface area (TPSA) is 44.7 Å². The number of anilines is 1. The molecule has 0 atom stereocenters. The summed E-state index contributed by atoms with van der Waals surface area (Å²) in [4.78, 5) is 18.1. The molecule has 0 spiro atoms. The maximum Gasteiger partial charge on any atom is 0.416 e. The standard InChI is InChI=1S/C15H11F6N3OS/c16-14(17,18)8-3-9(15(19,20)21)5-10(4-8)23-12(25)6-11-7-26-13-22-1-2-24(11)13/h3-5,7H,1-2,6H2,(H,23,25). The molecule has 0 aromatic heterocycles. The number of rotatable bonds is 3. The number of hydrogen-bond donors (Lipinski definition) is 1. The van der Waals surface area contributed by atoms with E-state index in [-0.39, 0.29) is 12.5 Å². The zero-order valence-corrected chi connectivity index (χ0v) is 13.7. The predicted molar refractivity (Wildman–Crippen MR) is 84.4 cm³/mol. The van der Waals surface area contributed by atoms with Crippen molar-refractivity contribution in [2.24, 2.45) is 4.99 Å². The number of hydrogen-bond acceptors (Lipinski definition) is 4. The summed E-state index contributed by atoms with van der Waals surface area (Å²) in [6.45, 7) is 1.16. The largest absolute Gasteiger partial charge is 0.416 e. The molecule has 11 heteroatoms. The summed E-state index contributed by atoms with van der Waals surface area (Å²) in [6, 6.07) is 0.972. The molecule has 140 valence electrons. The Bertz CT molecular complexity index is 767. The summed E-state index contributed by atoms with van der Waals surface area (Å²) >= 11 is 1.32. The number of fused-ring (bicyclic) bond motifs is 1. The number of nitrogens with zero attached hydrogens (tertiary/aromatic N) is 2. The van der Waals surface area contributed by atoms with Crippen LogP contribution in [0.5, 0.6) is 0 Å². The highest BCUT2D eigenvalue weighted by molar-refractivity contribution is 8.16. The van der Waals surface area contributed by atoms with Gasteiger partial charge in [-0.1, -0.05) is 11.8 Å². The van der Waals surface area contributed by atoms with Gasteiger partial charge in [0.1, 0.15) is 0 Å². The molecule has 2 heterocycles. The number of aliphatic imine (C=N–C) groups is 1. The Morgan fingerprint density at radius 2 is 1.73 bits per heavy atom. The number of amides is 1. The zero-order valence-electron chi connectivity index (χ0n) is 12.9. The van der Waals surface area contributed by atoms with Crippen LogP contribution in [0.3, 0.4) is 0 Å². The Balaban J connectivity index is 1.78. The number of carbonyl (C=O) groups excluding carboxylic acids is 1. The quantitative estimate of drug-likeness (QED) is 0.776. The second-order valence-corrected chi connectivity index (χ2v) is 6.40. The van der Waals surface area contributed by atoms with Gasteiger partial charge in [0.05, 0.1) is 24.1 Å². The lowest BCUT2D eigenvalue weighted by Crippen LogP contribution is -2.24. The number of benzene rings is 1. The van der Waals surface area contributed by atoms with E-state index in [1.165, 1.54) is 11.8 Å². The molecule has 1 N–H and O–H groups in total. The Hall–Kier alpha value is -2.17. The minimum atomic E-state index is -4.97. The van der Waals surface area contributed by atoms with E-state index in [9.17, 15) is 31.1 Å². The molecule has 2 aliphatic heterocycles. The molecule has 0 bridgehead atoms. The first-order chi connectivity index (χ1) is 12.0. The van der Waals surface area contributed by atoms with E-state index < -0.39 is 35.1 Å². The number of carbonyl (C=O) groups is 1. The minimum Gasteiger partial charge on any atom is -0.326 e. The van der Waals surface area contributed by atoms with Gasteiger partial charge in [0.15, 0.2) is 5.17 Å². The second kappa shape index (κ2) is 6.53. The monoisotopic (exact) mass is 395 g/mol. The van der Waals surface area contributed by atoms with Crippen molar-refractivity contribution in [3.63, 3.8) is 0 Å². The lowest BCUT2D eigenvalue weighted by atomic mass is 10.1. The number of thioether (sulfide) groups is 1. The summed E-state index contributed by atoms with van der Waals surface area (Å²) in [6.07, 6.45) is -10.1. The van der Waals surface area contributed by atoms with E-state index in [2.05, 4.69) is 10.3 Å². The third-order valence-electron chi connectivity index (χ3n) is 3.66. The molecule has 3 rings (SSSR count). The van der Waals surface area contributed by atoms with Crippen molar-refractivity contribution in [3.05, 3.63) is 40.4 Å². The summed E-state index contributed by atoms with van der Waals surface area (Å²) in [7, 11) is 0. The van der Waals surface area contributed by atoms with Crippen LogP contribution in [-0.2, 0) is 17.1 Å². The number of halogens is 6. The maximum atomic E-state index is 12.8. The van der Waals surface area contributed by atoms with Crippen LogP contribution in [-0.4, -0.2) is 29.1 Å². The van der Waals surface area contributed by atoms with E-state index in [1.54, 1.807) is 10.3 Å². The SMILES string of the molecule is O=C(CC1=CSC2=NCCN12)Nc1cc(C(F)(F)F)cc(C(F)(F)F)c1. The lowest BCUT2D eigenvalue weighted by Gasteiger charge is -2.17. The fourth-order valence-electron chi connectivity index (χ4n) is 2.51. The van der Waals surface area contributed by atoms with Crippen LogP contribution < -0.4 is 5.32 Å². The van der Waals surface area contributed by atoms with Crippen LogP contribution in [0.15, 0.2) is 34.3 Å². The van der Waals surface area contributed by atoms with Crippen LogP contribution in [0.2, 0.25) is 0 Å². The fourth-order valence-corrected chi connectivity index (χ4v) is 3.47. The van der Waals surface area contributed by atoms with E-state index in [1.807, 2.05) is 0 Å². The Morgan fingerprint density at radius 1 is 1.12 bits per heavy atom. The van der Waals surface area contributed by atoms with Crippen molar-refractivity contribution >= 4 is 28.5 Å². The minimum absolute atomic E-state index is 0.0127. The molecule has 0 saturated carbocycles. The fraction of sp³-hybridized carbons (Fsp3) is 0.333. The molecule has 0 unspecified atom stereocenters. The van der Waals surface area contributed by atoms with Crippen LogP contribution in [0.25, 0.3) is 0 Å². The van der Waals surface area contributed by atoms with Gasteiger partial charge in [-0.05, 0) is 23.6 Å². The molecule has 1 amide bonds. The van der Waals surface area contributed by atoms with Crippen molar-refractivity contribution in [3.8, 4) is 0 Å². The summed E-state index contributed by atoms with van der Waals surface area (Å²) < 4.78 is 77.0. The van der Waals surface area contributed by atoms with E-state index in [0.717, 1.165) is 5.17 Å². The molecular formula is C15H11F6N3OS. The Kier molecular flexibility index (Phi) is 4.67. The average molecular weight is 395 g/mol. The number of alkyl halides is 6. The molecule has 0 saturated heterocycles. The molecule has 0 aliphatic carbocycles. The van der Waals surface area contributed by atoms with Gasteiger partial charge in [-0.15, -0.1) is 0 Å². The molecule has 4 nitrogen and oxygen atoms in total. The van der Waals surface area contributed by atoms with Crippen molar-refractivity contribution < 1.29 is 31.1 Å². The molecule has 26 heavy (non-hydrogen) atoms. The van der Waals surface area contributed by atoms with Gasteiger partial charge in [-0.2, -0.15) is 26.3 Å². The van der Waals surface area contributed by atoms with Crippen molar-refractivity contribution in [1.29, 1.82) is 0 Å². The molecule has 0 radical (unpaired) electrons. The van der Waals surface area contributed by atoms with Gasteiger partial charge >= 0.3 is 12.4 Å². The van der Waals surface area contributed by atoms with Crippen molar-refractivity contribution in [2.75, 3.05) is 18.4 Å². The van der Waals surface area contributed by atoms with Gasteiger partial charge in [0.25, 0.3) is 0 Å². The first-order valence-corrected chi connectivity index (χ1v) is 8.19. The van der Waals surface area contributed by atoms with Gasteiger partial charge in [0.2, 0.25) is 5.91 Å². The third kappa shape index (κ3) is 3.97. The highest BCUT2D eigenvalue weighted by atomic mass is 32.2. The van der Waals surface area contributed by atoms with Crippen LogP contribution in [0, 0.1) is 0 Å². The maximum absolute atomic E-state index is 12.8. The smallest absolute Gasteiger partial charge is 0.326 e. The van der Waals surface area contributed by atoms with Crippen molar-refractivity contribution in [2.45, 2.75) is 18.8 Å². The van der Waals surface area contributed by atoms with Crippen molar-refractivity contribution in [1.82, 2.24) is 4.90 Å². The van der Waals surface area contributed by atoms with E-state index in [0.29, 0.717) is 30.9 Å². The van der Waals surface area contributed by atoms with Gasteiger partial charge in [-0.25, -0.2) is 0 Å². The molecule has 1 aromatic carbocycles. The number of nitrogens with one attached hydrogen (secondary N) is 1.